The van der Waals surface area contributed by atoms with E-state index >= 15 is 0 Å². The van der Waals surface area contributed by atoms with Gasteiger partial charge < -0.3 is 14.8 Å². The van der Waals surface area contributed by atoms with Crippen LogP contribution in [0.4, 0.5) is 0 Å². The summed E-state index contributed by atoms with van der Waals surface area (Å²) in [6.45, 7) is 3.74. The lowest BCUT2D eigenvalue weighted by Gasteiger charge is -2.11. The van der Waals surface area contributed by atoms with Crippen molar-refractivity contribution < 1.29 is 19.6 Å². The van der Waals surface area contributed by atoms with Gasteiger partial charge in [0.05, 0.1) is 6.10 Å². The smallest absolute Gasteiger partial charge is 0.489 e. The molecule has 0 aliphatic heterocycles. The number of benzene rings is 1. The van der Waals surface area contributed by atoms with Gasteiger partial charge in [-0.1, -0.05) is 6.07 Å². The third-order valence-electron chi connectivity index (χ3n) is 1.84. The standard InChI is InChI=1S/C10H13BO4/c1-7(2)15-9-3-4-10(11(13)14)8(5-9)6-12/h3-7,13-14H,1-2H3. The number of rotatable bonds is 4. The summed E-state index contributed by atoms with van der Waals surface area (Å²) in [7, 11) is -1.64. The Bertz CT molecular complexity index is 349. The summed E-state index contributed by atoms with van der Waals surface area (Å²) >= 11 is 0. The highest BCUT2D eigenvalue weighted by Crippen LogP contribution is 2.12. The molecule has 80 valence electrons. The van der Waals surface area contributed by atoms with Crippen LogP contribution in [0, 0.1) is 0 Å². The van der Waals surface area contributed by atoms with Gasteiger partial charge in [-0.2, -0.15) is 0 Å². The minimum atomic E-state index is -1.64. The summed E-state index contributed by atoms with van der Waals surface area (Å²) in [6.07, 6.45) is 0.580. The predicted molar refractivity (Wildman–Crippen MR) is 57.4 cm³/mol. The number of carbonyl (C=O) groups is 1. The van der Waals surface area contributed by atoms with Crippen molar-refractivity contribution in [3.63, 3.8) is 0 Å². The highest BCUT2D eigenvalue weighted by molar-refractivity contribution is 6.60. The molecule has 0 unspecified atom stereocenters. The van der Waals surface area contributed by atoms with Crippen molar-refractivity contribution in [2.24, 2.45) is 0 Å². The topological polar surface area (TPSA) is 66.8 Å². The normalized spacial score (nSPS) is 10.2. The number of hydrogen-bond donors (Lipinski definition) is 2. The fourth-order valence-electron chi connectivity index (χ4n) is 1.24. The summed E-state index contributed by atoms with van der Waals surface area (Å²) in [5.74, 6) is 0.538. The van der Waals surface area contributed by atoms with Crippen LogP contribution in [0.5, 0.6) is 5.75 Å². The molecule has 15 heavy (non-hydrogen) atoms. The maximum absolute atomic E-state index is 10.7. The first-order valence-electron chi connectivity index (χ1n) is 4.66. The first-order chi connectivity index (χ1) is 7.04. The van der Waals surface area contributed by atoms with Crippen LogP contribution in [0.25, 0.3) is 0 Å². The van der Waals surface area contributed by atoms with Gasteiger partial charge in [0, 0.05) is 5.56 Å². The highest BCUT2D eigenvalue weighted by Gasteiger charge is 2.16. The molecule has 0 spiro atoms. The van der Waals surface area contributed by atoms with Crippen molar-refractivity contribution in [3.05, 3.63) is 23.8 Å². The van der Waals surface area contributed by atoms with E-state index in [9.17, 15) is 4.79 Å². The van der Waals surface area contributed by atoms with Crippen LogP contribution < -0.4 is 10.2 Å². The van der Waals surface area contributed by atoms with E-state index in [1.54, 1.807) is 6.07 Å². The van der Waals surface area contributed by atoms with Gasteiger partial charge in [-0.05, 0) is 31.4 Å². The molecule has 4 nitrogen and oxygen atoms in total. The van der Waals surface area contributed by atoms with Crippen LogP contribution >= 0.6 is 0 Å². The second-order valence-electron chi connectivity index (χ2n) is 3.45. The van der Waals surface area contributed by atoms with Crippen LogP contribution in [0.15, 0.2) is 18.2 Å². The van der Waals surface area contributed by atoms with Gasteiger partial charge in [0.25, 0.3) is 0 Å². The Balaban J connectivity index is 3.02. The van der Waals surface area contributed by atoms with Crippen molar-refractivity contribution in [3.8, 4) is 5.75 Å². The quantitative estimate of drug-likeness (QED) is 0.538. The van der Waals surface area contributed by atoms with Gasteiger partial charge in [-0.15, -0.1) is 0 Å². The molecule has 0 bridgehead atoms. The van der Waals surface area contributed by atoms with Crippen molar-refractivity contribution in [1.29, 1.82) is 0 Å². The van der Waals surface area contributed by atoms with Crippen molar-refractivity contribution in [2.45, 2.75) is 20.0 Å². The lowest BCUT2D eigenvalue weighted by molar-refractivity contribution is 0.112. The molecule has 0 atom stereocenters. The van der Waals surface area contributed by atoms with Gasteiger partial charge in [0.2, 0.25) is 0 Å². The van der Waals surface area contributed by atoms with Gasteiger partial charge in [-0.3, -0.25) is 4.79 Å². The van der Waals surface area contributed by atoms with E-state index in [4.69, 9.17) is 14.8 Å². The maximum atomic E-state index is 10.7. The van der Waals surface area contributed by atoms with E-state index < -0.39 is 7.12 Å². The monoisotopic (exact) mass is 208 g/mol. The lowest BCUT2D eigenvalue weighted by Crippen LogP contribution is -2.32. The van der Waals surface area contributed by atoms with E-state index in [1.165, 1.54) is 12.1 Å². The van der Waals surface area contributed by atoms with Crippen molar-refractivity contribution in [2.75, 3.05) is 0 Å². The van der Waals surface area contributed by atoms with Gasteiger partial charge in [0.15, 0.2) is 0 Å². The molecule has 0 aromatic heterocycles. The molecule has 0 radical (unpaired) electrons. The molecule has 0 heterocycles. The minimum absolute atomic E-state index is 0.00871. The zero-order valence-electron chi connectivity index (χ0n) is 8.68. The van der Waals surface area contributed by atoms with Crippen LogP contribution in [0.1, 0.15) is 24.2 Å². The van der Waals surface area contributed by atoms with E-state index in [2.05, 4.69) is 0 Å². The predicted octanol–water partition coefficient (Wildman–Crippen LogP) is -0.0339. The van der Waals surface area contributed by atoms with E-state index in [1.807, 2.05) is 13.8 Å². The van der Waals surface area contributed by atoms with Crippen LogP contribution in [0.2, 0.25) is 0 Å². The summed E-state index contributed by atoms with van der Waals surface area (Å²) in [4.78, 5) is 10.7. The van der Waals surface area contributed by atoms with Crippen LogP contribution in [0.3, 0.4) is 0 Å². The minimum Gasteiger partial charge on any atom is -0.491 e. The summed E-state index contributed by atoms with van der Waals surface area (Å²) in [5.41, 5.74) is 0.407. The molecule has 0 saturated carbocycles. The largest absolute Gasteiger partial charge is 0.491 e. The first kappa shape index (κ1) is 11.7. The molecule has 0 aliphatic carbocycles. The summed E-state index contributed by atoms with van der Waals surface area (Å²) < 4.78 is 5.37. The average Bonchev–Trinajstić information content (AvgIpc) is 2.16. The Morgan fingerprint density at radius 1 is 1.40 bits per heavy atom. The maximum Gasteiger partial charge on any atom is 0.489 e. The van der Waals surface area contributed by atoms with Crippen molar-refractivity contribution in [1.82, 2.24) is 0 Å². The molecule has 0 saturated heterocycles. The average molecular weight is 208 g/mol. The van der Waals surface area contributed by atoms with Crippen LogP contribution in [-0.2, 0) is 0 Å². The Kier molecular flexibility index (Phi) is 3.88. The fraction of sp³-hybridized carbons (Fsp3) is 0.300. The third kappa shape index (κ3) is 3.07. The van der Waals surface area contributed by atoms with Gasteiger partial charge in [0.1, 0.15) is 12.0 Å². The Morgan fingerprint density at radius 2 is 2.07 bits per heavy atom. The molecular formula is C10H13BO4. The Morgan fingerprint density at radius 3 is 2.53 bits per heavy atom. The van der Waals surface area contributed by atoms with Crippen LogP contribution in [-0.4, -0.2) is 29.6 Å². The van der Waals surface area contributed by atoms with Gasteiger partial charge in [-0.25, -0.2) is 0 Å². The molecular weight excluding hydrogens is 195 g/mol. The first-order valence-corrected chi connectivity index (χ1v) is 4.66. The highest BCUT2D eigenvalue weighted by atomic mass is 16.5. The fourth-order valence-corrected chi connectivity index (χ4v) is 1.24. The summed E-state index contributed by atoms with van der Waals surface area (Å²) in [5, 5.41) is 17.9. The zero-order chi connectivity index (χ0) is 11.4. The molecule has 1 rings (SSSR count). The third-order valence-corrected chi connectivity index (χ3v) is 1.84. The molecule has 5 heteroatoms. The number of ether oxygens (including phenoxy) is 1. The number of aldehydes is 1. The number of hydrogen-bond acceptors (Lipinski definition) is 4. The lowest BCUT2D eigenvalue weighted by atomic mass is 9.77. The Hall–Kier alpha value is -1.33. The summed E-state index contributed by atoms with van der Waals surface area (Å²) in [6, 6.07) is 4.55. The Labute approximate surface area is 88.6 Å². The van der Waals surface area contributed by atoms with Gasteiger partial charge >= 0.3 is 7.12 Å². The molecule has 0 amide bonds. The molecule has 0 fully saturated rings. The second kappa shape index (κ2) is 4.95. The number of carbonyl (C=O) groups excluding carboxylic acids is 1. The SMILES string of the molecule is CC(C)Oc1ccc(B(O)O)c(C=O)c1. The molecule has 2 N–H and O–H groups in total. The van der Waals surface area contributed by atoms with E-state index in [0.29, 0.717) is 12.0 Å². The van der Waals surface area contributed by atoms with Crippen molar-refractivity contribution >= 4 is 18.9 Å². The molecule has 1 aromatic carbocycles. The zero-order valence-corrected chi connectivity index (χ0v) is 8.68. The van der Waals surface area contributed by atoms with E-state index in [0.717, 1.165) is 0 Å². The molecule has 1 aromatic rings. The molecule has 0 aliphatic rings. The van der Waals surface area contributed by atoms with E-state index in [-0.39, 0.29) is 17.1 Å². The second-order valence-corrected chi connectivity index (χ2v) is 3.45.